The number of para-hydroxylation sites is 1. The zero-order valence-corrected chi connectivity index (χ0v) is 15.1. The summed E-state index contributed by atoms with van der Waals surface area (Å²) in [7, 11) is 0. The number of anilines is 3. The molecule has 1 amide bonds. The van der Waals surface area contributed by atoms with Gasteiger partial charge >= 0.3 is 0 Å². The molecule has 0 N–H and O–H groups in total. The Morgan fingerprint density at radius 3 is 2.40 bits per heavy atom. The minimum Gasteiger partial charge on any atom is -0.353 e. The number of aromatic nitrogens is 2. The Morgan fingerprint density at radius 2 is 1.80 bits per heavy atom. The number of piperazine rings is 1. The molecular formula is C19H25N5O. The van der Waals surface area contributed by atoms with E-state index in [1.807, 2.05) is 36.1 Å². The van der Waals surface area contributed by atoms with Crippen LogP contribution in [0, 0.1) is 6.92 Å². The van der Waals surface area contributed by atoms with Gasteiger partial charge in [0.1, 0.15) is 5.82 Å². The van der Waals surface area contributed by atoms with E-state index in [0.29, 0.717) is 0 Å². The third-order valence-corrected chi connectivity index (χ3v) is 4.50. The third kappa shape index (κ3) is 3.90. The van der Waals surface area contributed by atoms with Crippen molar-refractivity contribution in [2.75, 3.05) is 42.5 Å². The summed E-state index contributed by atoms with van der Waals surface area (Å²) in [6.07, 6.45) is 0. The van der Waals surface area contributed by atoms with Crippen molar-refractivity contribution in [1.82, 2.24) is 14.9 Å². The van der Waals surface area contributed by atoms with Gasteiger partial charge in [0, 0.05) is 57.1 Å². The maximum Gasteiger partial charge on any atom is 0.232 e. The minimum atomic E-state index is 0.139. The van der Waals surface area contributed by atoms with Crippen LogP contribution in [0.3, 0.4) is 0 Å². The van der Waals surface area contributed by atoms with Crippen LogP contribution in [-0.2, 0) is 4.79 Å². The summed E-state index contributed by atoms with van der Waals surface area (Å²) in [5.74, 6) is 1.79. The Balaban J connectivity index is 1.84. The number of carbonyl (C=O) groups is 1. The van der Waals surface area contributed by atoms with E-state index in [0.717, 1.165) is 55.9 Å². The van der Waals surface area contributed by atoms with Crippen LogP contribution in [-0.4, -0.2) is 53.5 Å². The molecular weight excluding hydrogens is 314 g/mol. The summed E-state index contributed by atoms with van der Waals surface area (Å²) < 4.78 is 0. The van der Waals surface area contributed by atoms with Crippen molar-refractivity contribution in [1.29, 1.82) is 0 Å². The fourth-order valence-electron chi connectivity index (χ4n) is 3.12. The highest BCUT2D eigenvalue weighted by molar-refractivity contribution is 5.73. The number of aryl methyl sites for hydroxylation is 1. The molecule has 0 aliphatic carbocycles. The van der Waals surface area contributed by atoms with Crippen LogP contribution in [0.1, 0.15) is 19.5 Å². The van der Waals surface area contributed by atoms with Crippen molar-refractivity contribution in [3.63, 3.8) is 0 Å². The van der Waals surface area contributed by atoms with Gasteiger partial charge in [-0.2, -0.15) is 4.98 Å². The molecule has 1 fully saturated rings. The molecule has 132 valence electrons. The molecule has 3 rings (SSSR count). The van der Waals surface area contributed by atoms with Crippen LogP contribution in [0.2, 0.25) is 0 Å². The van der Waals surface area contributed by atoms with Gasteiger partial charge < -0.3 is 14.7 Å². The van der Waals surface area contributed by atoms with Crippen molar-refractivity contribution in [3.8, 4) is 0 Å². The second kappa shape index (κ2) is 7.51. The summed E-state index contributed by atoms with van der Waals surface area (Å²) in [6.45, 7) is 9.60. The molecule has 1 aromatic heterocycles. The second-order valence-corrected chi connectivity index (χ2v) is 6.24. The van der Waals surface area contributed by atoms with E-state index in [1.165, 1.54) is 0 Å². The monoisotopic (exact) mass is 339 g/mol. The van der Waals surface area contributed by atoms with Gasteiger partial charge in [-0.15, -0.1) is 0 Å². The van der Waals surface area contributed by atoms with Crippen LogP contribution < -0.4 is 9.80 Å². The lowest BCUT2D eigenvalue weighted by Crippen LogP contribution is -2.48. The molecule has 1 aliphatic rings. The van der Waals surface area contributed by atoms with Gasteiger partial charge in [0.05, 0.1) is 0 Å². The minimum absolute atomic E-state index is 0.139. The molecule has 0 atom stereocenters. The Kier molecular flexibility index (Phi) is 5.16. The topological polar surface area (TPSA) is 52.6 Å². The van der Waals surface area contributed by atoms with Crippen LogP contribution >= 0.6 is 0 Å². The number of amides is 1. The molecule has 0 unspecified atom stereocenters. The van der Waals surface area contributed by atoms with Gasteiger partial charge in [0.15, 0.2) is 0 Å². The lowest BCUT2D eigenvalue weighted by Gasteiger charge is -2.35. The molecule has 0 bridgehead atoms. The largest absolute Gasteiger partial charge is 0.353 e. The SMILES string of the molecule is CCN(c1ccccc1)c1nc(C)cc(N2CCN(C(C)=O)CC2)n1. The number of carbonyl (C=O) groups excluding carboxylic acids is 1. The van der Waals surface area contributed by atoms with E-state index >= 15 is 0 Å². The van der Waals surface area contributed by atoms with E-state index in [4.69, 9.17) is 4.98 Å². The molecule has 6 nitrogen and oxygen atoms in total. The van der Waals surface area contributed by atoms with E-state index in [2.05, 4.69) is 33.8 Å². The number of nitrogens with zero attached hydrogens (tertiary/aromatic N) is 5. The lowest BCUT2D eigenvalue weighted by atomic mass is 10.3. The predicted octanol–water partition coefficient (Wildman–Crippen LogP) is 2.61. The van der Waals surface area contributed by atoms with E-state index in [-0.39, 0.29) is 5.91 Å². The van der Waals surface area contributed by atoms with Crippen molar-refractivity contribution >= 4 is 23.4 Å². The Bertz CT molecular complexity index is 726. The molecule has 0 saturated carbocycles. The Labute approximate surface area is 149 Å². The van der Waals surface area contributed by atoms with Crippen LogP contribution in [0.15, 0.2) is 36.4 Å². The number of rotatable bonds is 4. The second-order valence-electron chi connectivity index (χ2n) is 6.24. The van der Waals surface area contributed by atoms with Gasteiger partial charge in [0.2, 0.25) is 11.9 Å². The fraction of sp³-hybridized carbons (Fsp3) is 0.421. The number of hydrogen-bond acceptors (Lipinski definition) is 5. The molecule has 1 aliphatic heterocycles. The zero-order chi connectivity index (χ0) is 17.8. The van der Waals surface area contributed by atoms with Gasteiger partial charge in [0.25, 0.3) is 0 Å². The molecule has 1 saturated heterocycles. The van der Waals surface area contributed by atoms with Crippen LogP contribution in [0.5, 0.6) is 0 Å². The lowest BCUT2D eigenvalue weighted by molar-refractivity contribution is -0.129. The van der Waals surface area contributed by atoms with Crippen LogP contribution in [0.25, 0.3) is 0 Å². The van der Waals surface area contributed by atoms with Crippen LogP contribution in [0.4, 0.5) is 17.5 Å². The Hall–Kier alpha value is -2.63. The van der Waals surface area contributed by atoms with Crippen molar-refractivity contribution < 1.29 is 4.79 Å². The molecule has 0 spiro atoms. The number of benzene rings is 1. The predicted molar refractivity (Wildman–Crippen MR) is 100 cm³/mol. The van der Waals surface area contributed by atoms with Crippen molar-refractivity contribution in [3.05, 3.63) is 42.1 Å². The highest BCUT2D eigenvalue weighted by Crippen LogP contribution is 2.24. The summed E-state index contributed by atoms with van der Waals surface area (Å²) in [4.78, 5) is 27.2. The first-order chi connectivity index (χ1) is 12.1. The highest BCUT2D eigenvalue weighted by Gasteiger charge is 2.21. The number of hydrogen-bond donors (Lipinski definition) is 0. The summed E-state index contributed by atoms with van der Waals surface area (Å²) >= 11 is 0. The van der Waals surface area contributed by atoms with Gasteiger partial charge in [-0.05, 0) is 26.0 Å². The summed E-state index contributed by atoms with van der Waals surface area (Å²) in [5, 5.41) is 0. The fourth-order valence-corrected chi connectivity index (χ4v) is 3.12. The first-order valence-corrected chi connectivity index (χ1v) is 8.77. The maximum atomic E-state index is 11.5. The highest BCUT2D eigenvalue weighted by atomic mass is 16.2. The molecule has 0 radical (unpaired) electrons. The summed E-state index contributed by atoms with van der Waals surface area (Å²) in [5.41, 5.74) is 2.03. The van der Waals surface area contributed by atoms with Crippen molar-refractivity contribution in [2.24, 2.45) is 0 Å². The molecule has 1 aromatic carbocycles. The maximum absolute atomic E-state index is 11.5. The van der Waals surface area contributed by atoms with Crippen molar-refractivity contribution in [2.45, 2.75) is 20.8 Å². The van der Waals surface area contributed by atoms with E-state index in [9.17, 15) is 4.79 Å². The van der Waals surface area contributed by atoms with E-state index < -0.39 is 0 Å². The zero-order valence-electron chi connectivity index (χ0n) is 15.1. The Morgan fingerprint density at radius 1 is 1.12 bits per heavy atom. The van der Waals surface area contributed by atoms with Gasteiger partial charge in [-0.25, -0.2) is 4.98 Å². The summed E-state index contributed by atoms with van der Waals surface area (Å²) in [6, 6.07) is 12.2. The normalized spacial score (nSPS) is 14.5. The smallest absolute Gasteiger partial charge is 0.232 e. The van der Waals surface area contributed by atoms with E-state index in [1.54, 1.807) is 6.92 Å². The first-order valence-electron chi connectivity index (χ1n) is 8.77. The standard InChI is InChI=1S/C19H25N5O/c1-4-24(17-8-6-5-7-9-17)19-20-15(2)14-18(21-19)23-12-10-22(11-13-23)16(3)25/h5-9,14H,4,10-13H2,1-3H3. The third-order valence-electron chi connectivity index (χ3n) is 4.50. The van der Waals surface area contributed by atoms with Gasteiger partial charge in [-0.3, -0.25) is 4.79 Å². The quantitative estimate of drug-likeness (QED) is 0.857. The molecule has 2 aromatic rings. The average Bonchev–Trinajstić information content (AvgIpc) is 2.63. The molecule has 25 heavy (non-hydrogen) atoms. The average molecular weight is 339 g/mol. The van der Waals surface area contributed by atoms with Gasteiger partial charge in [-0.1, -0.05) is 18.2 Å². The first kappa shape index (κ1) is 17.2. The molecule has 2 heterocycles. The molecule has 6 heteroatoms.